The van der Waals surface area contributed by atoms with E-state index in [0.29, 0.717) is 6.54 Å². The number of rotatable bonds is 7. The summed E-state index contributed by atoms with van der Waals surface area (Å²) in [5.74, 6) is -0.0983. The van der Waals surface area contributed by atoms with Crippen LogP contribution in [0.25, 0.3) is 0 Å². The average molecular weight is 343 g/mol. The SMILES string of the molecule is C=C/C(=C\C(F)=C/C)C1CCc2ccc(CC)cc2[C@@H]1NC[C@H](C)O. The van der Waals surface area contributed by atoms with E-state index < -0.39 is 6.10 Å². The van der Waals surface area contributed by atoms with Gasteiger partial charge in [-0.1, -0.05) is 43.9 Å². The fourth-order valence-corrected chi connectivity index (χ4v) is 3.54. The van der Waals surface area contributed by atoms with Gasteiger partial charge in [0.15, 0.2) is 0 Å². The van der Waals surface area contributed by atoms with Crippen LogP contribution in [-0.2, 0) is 12.8 Å². The molecule has 2 N–H and O–H groups in total. The third-order valence-corrected chi connectivity index (χ3v) is 4.96. The number of aliphatic hydroxyl groups is 1. The lowest BCUT2D eigenvalue weighted by atomic mass is 9.75. The Kier molecular flexibility index (Phi) is 7.15. The van der Waals surface area contributed by atoms with Crippen LogP contribution in [0.4, 0.5) is 4.39 Å². The largest absolute Gasteiger partial charge is 0.392 e. The van der Waals surface area contributed by atoms with Crippen LogP contribution in [-0.4, -0.2) is 17.8 Å². The van der Waals surface area contributed by atoms with E-state index in [4.69, 9.17) is 0 Å². The van der Waals surface area contributed by atoms with Gasteiger partial charge in [-0.3, -0.25) is 0 Å². The van der Waals surface area contributed by atoms with E-state index >= 15 is 0 Å². The third kappa shape index (κ3) is 4.90. The maximum absolute atomic E-state index is 13.9. The molecule has 2 nitrogen and oxygen atoms in total. The smallest absolute Gasteiger partial charge is 0.119 e. The van der Waals surface area contributed by atoms with E-state index in [0.717, 1.165) is 24.8 Å². The number of hydrogen-bond donors (Lipinski definition) is 2. The number of nitrogens with one attached hydrogen (secondary N) is 1. The van der Waals surface area contributed by atoms with Crippen molar-refractivity contribution in [2.24, 2.45) is 5.92 Å². The molecule has 136 valence electrons. The quantitative estimate of drug-likeness (QED) is 0.697. The van der Waals surface area contributed by atoms with E-state index in [9.17, 15) is 9.50 Å². The number of fused-ring (bicyclic) bond motifs is 1. The molecule has 0 saturated heterocycles. The van der Waals surface area contributed by atoms with Crippen molar-refractivity contribution in [3.8, 4) is 0 Å². The molecule has 0 amide bonds. The first-order chi connectivity index (χ1) is 12.0. The van der Waals surface area contributed by atoms with Crippen molar-refractivity contribution in [1.82, 2.24) is 5.32 Å². The summed E-state index contributed by atoms with van der Waals surface area (Å²) in [6, 6.07) is 6.71. The van der Waals surface area contributed by atoms with Crippen LogP contribution in [0.15, 0.2) is 54.4 Å². The van der Waals surface area contributed by atoms with E-state index in [1.165, 1.54) is 22.8 Å². The van der Waals surface area contributed by atoms with Crippen LogP contribution in [0, 0.1) is 5.92 Å². The maximum Gasteiger partial charge on any atom is 0.119 e. The molecule has 25 heavy (non-hydrogen) atoms. The van der Waals surface area contributed by atoms with E-state index in [2.05, 4.69) is 37.0 Å². The van der Waals surface area contributed by atoms with Crippen LogP contribution in [0.5, 0.6) is 0 Å². The van der Waals surface area contributed by atoms with Crippen molar-refractivity contribution in [2.75, 3.05) is 6.54 Å². The Bertz CT molecular complexity index is 660. The number of aliphatic hydroxyl groups excluding tert-OH is 1. The van der Waals surface area contributed by atoms with Gasteiger partial charge in [0, 0.05) is 18.5 Å². The highest BCUT2D eigenvalue weighted by atomic mass is 19.1. The molecular weight excluding hydrogens is 313 g/mol. The van der Waals surface area contributed by atoms with Gasteiger partial charge < -0.3 is 10.4 Å². The molecule has 1 unspecified atom stereocenters. The van der Waals surface area contributed by atoms with Crippen molar-refractivity contribution >= 4 is 0 Å². The Balaban J connectivity index is 2.44. The minimum Gasteiger partial charge on any atom is -0.392 e. The second-order valence-electron chi connectivity index (χ2n) is 6.79. The van der Waals surface area contributed by atoms with Gasteiger partial charge in [0.2, 0.25) is 0 Å². The summed E-state index contributed by atoms with van der Waals surface area (Å²) < 4.78 is 13.9. The lowest BCUT2D eigenvalue weighted by molar-refractivity contribution is 0.179. The fourth-order valence-electron chi connectivity index (χ4n) is 3.54. The second-order valence-corrected chi connectivity index (χ2v) is 6.79. The fraction of sp³-hybridized carbons (Fsp3) is 0.455. The summed E-state index contributed by atoms with van der Waals surface area (Å²) in [6.07, 6.45) is 7.28. The lowest BCUT2D eigenvalue weighted by Gasteiger charge is -2.36. The Hall–Kier alpha value is -1.71. The number of halogens is 1. The normalized spacial score (nSPS) is 22.4. The summed E-state index contributed by atoms with van der Waals surface area (Å²) in [4.78, 5) is 0. The van der Waals surface area contributed by atoms with Crippen molar-refractivity contribution in [3.63, 3.8) is 0 Å². The first kappa shape index (κ1) is 19.6. The standard InChI is InChI=1S/C22H30FNO/c1-5-16-8-9-18-10-11-20(17(6-2)13-19(23)7-3)22(21(18)12-16)24-14-15(4)25/h6-9,12-13,15,20,22,24-25H,2,5,10-11,14H2,1,3-4H3/b17-13+,19-7+/t15-,20?,22+/m0/s1. The van der Waals surface area contributed by atoms with Gasteiger partial charge in [0.25, 0.3) is 0 Å². The number of hydrogen-bond acceptors (Lipinski definition) is 2. The first-order valence-corrected chi connectivity index (χ1v) is 9.19. The van der Waals surface area contributed by atoms with Gasteiger partial charge >= 0.3 is 0 Å². The zero-order chi connectivity index (χ0) is 18.4. The van der Waals surface area contributed by atoms with Gasteiger partial charge in [-0.05, 0) is 61.4 Å². The van der Waals surface area contributed by atoms with E-state index in [-0.39, 0.29) is 17.8 Å². The van der Waals surface area contributed by atoms with Crippen molar-refractivity contribution in [1.29, 1.82) is 0 Å². The zero-order valence-corrected chi connectivity index (χ0v) is 15.6. The summed E-state index contributed by atoms with van der Waals surface area (Å²) >= 11 is 0. The molecule has 0 aromatic heterocycles. The Labute approximate surface area is 151 Å². The van der Waals surface area contributed by atoms with Gasteiger partial charge in [-0.25, -0.2) is 4.39 Å². The van der Waals surface area contributed by atoms with Crippen LogP contribution < -0.4 is 5.32 Å². The summed E-state index contributed by atoms with van der Waals surface area (Å²) in [5, 5.41) is 13.2. The van der Waals surface area contributed by atoms with Crippen LogP contribution in [0.2, 0.25) is 0 Å². The summed E-state index contributed by atoms with van der Waals surface area (Å²) in [7, 11) is 0. The molecule has 0 aliphatic heterocycles. The summed E-state index contributed by atoms with van der Waals surface area (Å²) in [6.45, 7) is 10.0. The molecule has 0 fully saturated rings. The number of allylic oxidation sites excluding steroid dienone is 4. The lowest BCUT2D eigenvalue weighted by Crippen LogP contribution is -2.37. The van der Waals surface area contributed by atoms with Crippen LogP contribution >= 0.6 is 0 Å². The molecule has 2 rings (SSSR count). The van der Waals surface area contributed by atoms with Crippen molar-refractivity contribution in [3.05, 3.63) is 71.1 Å². The Morgan fingerprint density at radius 1 is 1.48 bits per heavy atom. The minimum atomic E-state index is -0.427. The first-order valence-electron chi connectivity index (χ1n) is 9.19. The number of aryl methyl sites for hydroxylation is 2. The molecule has 0 bridgehead atoms. The summed E-state index contributed by atoms with van der Waals surface area (Å²) in [5.41, 5.74) is 4.81. The molecule has 1 aromatic rings. The predicted octanol–water partition coefficient (Wildman–Crippen LogP) is 4.81. The highest BCUT2D eigenvalue weighted by Gasteiger charge is 2.31. The van der Waals surface area contributed by atoms with E-state index in [1.54, 1.807) is 26.0 Å². The van der Waals surface area contributed by atoms with Gasteiger partial charge in [0.05, 0.1) is 6.10 Å². The third-order valence-electron chi connectivity index (χ3n) is 4.96. The molecule has 1 aliphatic carbocycles. The maximum atomic E-state index is 13.9. The van der Waals surface area contributed by atoms with E-state index in [1.807, 2.05) is 0 Å². The van der Waals surface area contributed by atoms with Gasteiger partial charge in [-0.15, -0.1) is 0 Å². The Morgan fingerprint density at radius 2 is 2.24 bits per heavy atom. The minimum absolute atomic E-state index is 0.0544. The molecule has 3 heteroatoms. The highest BCUT2D eigenvalue weighted by Crippen LogP contribution is 2.40. The zero-order valence-electron chi connectivity index (χ0n) is 15.6. The van der Waals surface area contributed by atoms with Crippen LogP contribution in [0.3, 0.4) is 0 Å². The Morgan fingerprint density at radius 3 is 2.84 bits per heavy atom. The molecule has 0 saturated carbocycles. The second kappa shape index (κ2) is 9.12. The molecule has 1 aromatic carbocycles. The predicted molar refractivity (Wildman–Crippen MR) is 103 cm³/mol. The monoisotopic (exact) mass is 343 g/mol. The topological polar surface area (TPSA) is 32.3 Å². The highest BCUT2D eigenvalue weighted by molar-refractivity contribution is 5.41. The van der Waals surface area contributed by atoms with Gasteiger partial charge in [0.1, 0.15) is 5.83 Å². The van der Waals surface area contributed by atoms with Gasteiger partial charge in [-0.2, -0.15) is 0 Å². The molecule has 3 atom stereocenters. The molecule has 1 aliphatic rings. The molecule has 0 radical (unpaired) electrons. The van der Waals surface area contributed by atoms with Crippen molar-refractivity contribution in [2.45, 2.75) is 52.2 Å². The average Bonchev–Trinajstić information content (AvgIpc) is 2.63. The number of benzene rings is 1. The molecular formula is C22H30FNO. The molecule has 0 spiro atoms. The van der Waals surface area contributed by atoms with Crippen LogP contribution in [0.1, 0.15) is 49.9 Å². The molecule has 0 heterocycles. The van der Waals surface area contributed by atoms with Crippen molar-refractivity contribution < 1.29 is 9.50 Å².